The van der Waals surface area contributed by atoms with Crippen LogP contribution in [0.5, 0.6) is 5.75 Å². The number of benzene rings is 2. The van der Waals surface area contributed by atoms with E-state index in [1.807, 2.05) is 0 Å². The average molecular weight is 558 g/mol. The van der Waals surface area contributed by atoms with Crippen molar-refractivity contribution >= 4 is 17.4 Å². The van der Waals surface area contributed by atoms with Gasteiger partial charge in [-0.15, -0.1) is 0 Å². The van der Waals surface area contributed by atoms with Crippen LogP contribution in [0.2, 0.25) is 0 Å². The highest BCUT2D eigenvalue weighted by Crippen LogP contribution is 2.38. The fraction of sp³-hybridized carbons (Fsp3) is 0.296. The molecule has 1 saturated heterocycles. The zero-order valence-electron chi connectivity index (χ0n) is 20.8. The van der Waals surface area contributed by atoms with Crippen molar-refractivity contribution < 1.29 is 36.5 Å². The van der Waals surface area contributed by atoms with Crippen molar-refractivity contribution in [3.8, 4) is 5.75 Å². The number of rotatable bonds is 5. The lowest BCUT2D eigenvalue weighted by Gasteiger charge is -2.36. The Kier molecular flexibility index (Phi) is 7.37. The lowest BCUT2D eigenvalue weighted by molar-refractivity contribution is -0.384. The molecule has 13 heteroatoms. The first-order valence-corrected chi connectivity index (χ1v) is 12.4. The van der Waals surface area contributed by atoms with Gasteiger partial charge in [0.25, 0.3) is 5.69 Å². The van der Waals surface area contributed by atoms with E-state index in [2.05, 4.69) is 10.1 Å². The summed E-state index contributed by atoms with van der Waals surface area (Å²) in [6.07, 6.45) is -1.05. The number of nitrogens with zero attached hydrogens (tertiary/aromatic N) is 4. The summed E-state index contributed by atoms with van der Waals surface area (Å²) in [5.74, 6) is -0.757. The Balaban J connectivity index is 1.40. The molecule has 9 nitrogen and oxygen atoms in total. The molecule has 5 rings (SSSR count). The maximum Gasteiger partial charge on any atom is 0.416 e. The zero-order valence-corrected chi connectivity index (χ0v) is 20.8. The number of halogens is 4. The molecule has 2 unspecified atom stereocenters. The largest absolute Gasteiger partial charge is 0.416 e. The van der Waals surface area contributed by atoms with Crippen molar-refractivity contribution in [1.82, 2.24) is 15.0 Å². The van der Waals surface area contributed by atoms with Crippen molar-refractivity contribution in [1.29, 1.82) is 0 Å². The van der Waals surface area contributed by atoms with Gasteiger partial charge < -0.3 is 14.2 Å². The number of nitro groups is 1. The number of non-ortho nitro benzene ring substituents is 1. The fourth-order valence-corrected chi connectivity index (χ4v) is 4.79. The highest BCUT2D eigenvalue weighted by molar-refractivity contribution is 5.71. The van der Waals surface area contributed by atoms with Gasteiger partial charge in [0.2, 0.25) is 5.89 Å². The van der Waals surface area contributed by atoms with Gasteiger partial charge in [-0.3, -0.25) is 10.1 Å². The molecule has 1 aliphatic heterocycles. The second kappa shape index (κ2) is 10.9. The van der Waals surface area contributed by atoms with Crippen molar-refractivity contribution in [3.05, 3.63) is 99.5 Å². The Labute approximate surface area is 224 Å². The molecule has 0 spiro atoms. The van der Waals surface area contributed by atoms with Crippen LogP contribution in [0.1, 0.15) is 53.9 Å². The Morgan fingerprint density at radius 1 is 1.07 bits per heavy atom. The van der Waals surface area contributed by atoms with Gasteiger partial charge in [-0.25, -0.2) is 9.18 Å². The number of ether oxygens (including phenoxy) is 1. The van der Waals surface area contributed by atoms with Gasteiger partial charge in [0.15, 0.2) is 5.82 Å². The van der Waals surface area contributed by atoms with Crippen LogP contribution in [0.4, 0.5) is 28.0 Å². The van der Waals surface area contributed by atoms with E-state index >= 15 is 0 Å². The second-order valence-corrected chi connectivity index (χ2v) is 9.53. The van der Waals surface area contributed by atoms with Gasteiger partial charge in [-0.1, -0.05) is 17.3 Å². The molecular formula is C27H22F4N4O5. The summed E-state index contributed by atoms with van der Waals surface area (Å²) in [7, 11) is 0. The summed E-state index contributed by atoms with van der Waals surface area (Å²) in [6, 6.07) is 9.70. The number of allylic oxidation sites excluding steroid dienone is 4. The van der Waals surface area contributed by atoms with E-state index in [0.29, 0.717) is 30.4 Å². The van der Waals surface area contributed by atoms with Crippen LogP contribution in [-0.2, 0) is 6.18 Å². The SMILES string of the molecule is O=C(Oc1ccc([N+](=O)[O-])cc1)N1CC(c2ccc(C(F)(F)F)cc2)CC(c2nc(C3=CC(F)=CCC3)no2)C1. The number of hydrogen-bond acceptors (Lipinski definition) is 7. The Bertz CT molecular complexity index is 1470. The van der Waals surface area contributed by atoms with Crippen LogP contribution in [0.25, 0.3) is 5.57 Å². The van der Waals surface area contributed by atoms with E-state index in [1.54, 1.807) is 0 Å². The molecule has 2 aliphatic rings. The predicted octanol–water partition coefficient (Wildman–Crippen LogP) is 6.80. The average Bonchev–Trinajstić information content (AvgIpc) is 3.43. The third-order valence-electron chi connectivity index (χ3n) is 6.81. The number of likely N-dealkylation sites (tertiary alicyclic amines) is 1. The molecular weight excluding hydrogens is 536 g/mol. The molecule has 1 aromatic heterocycles. The standard InChI is InChI=1S/C27H22F4N4O5/c28-21-3-1-2-17(13-21)24-32-25(40-33-24)19-12-18(16-4-6-20(7-5-16)27(29,30)31)14-34(15-19)26(36)39-23-10-8-22(9-11-23)35(37)38/h3-11,13,18-19H,1-2,12,14-15H2. The summed E-state index contributed by atoms with van der Waals surface area (Å²) in [5.41, 5.74) is 0.185. The van der Waals surface area contributed by atoms with Gasteiger partial charge in [0.05, 0.1) is 16.4 Å². The van der Waals surface area contributed by atoms with E-state index < -0.39 is 40.4 Å². The van der Waals surface area contributed by atoms with E-state index in [9.17, 15) is 32.5 Å². The van der Waals surface area contributed by atoms with E-state index in [0.717, 1.165) is 12.1 Å². The van der Waals surface area contributed by atoms with Crippen LogP contribution < -0.4 is 4.74 Å². The molecule has 0 bridgehead atoms. The molecule has 40 heavy (non-hydrogen) atoms. The Morgan fingerprint density at radius 3 is 2.42 bits per heavy atom. The summed E-state index contributed by atoms with van der Waals surface area (Å²) in [4.78, 5) is 29.2. The van der Waals surface area contributed by atoms with E-state index in [4.69, 9.17) is 9.26 Å². The molecule has 3 aromatic rings. The summed E-state index contributed by atoms with van der Waals surface area (Å²) in [5, 5.41) is 14.9. The maximum absolute atomic E-state index is 13.7. The molecule has 0 radical (unpaired) electrons. The number of piperidine rings is 1. The van der Waals surface area contributed by atoms with Crippen molar-refractivity contribution in [2.45, 2.75) is 37.3 Å². The minimum atomic E-state index is -4.49. The number of nitro benzene ring substituents is 1. The van der Waals surface area contributed by atoms with Gasteiger partial charge in [0.1, 0.15) is 11.6 Å². The number of alkyl halides is 3. The molecule has 0 saturated carbocycles. The third kappa shape index (κ3) is 6.03. The number of carbonyl (C=O) groups excluding carboxylic acids is 1. The second-order valence-electron chi connectivity index (χ2n) is 9.53. The first-order valence-electron chi connectivity index (χ1n) is 12.4. The normalized spacial score (nSPS) is 19.6. The Morgan fingerprint density at radius 2 is 1.77 bits per heavy atom. The van der Waals surface area contributed by atoms with Crippen molar-refractivity contribution in [3.63, 3.8) is 0 Å². The fourth-order valence-electron chi connectivity index (χ4n) is 4.79. The molecule has 1 fully saturated rings. The number of carbonyl (C=O) groups is 1. The highest BCUT2D eigenvalue weighted by Gasteiger charge is 2.36. The maximum atomic E-state index is 13.7. The van der Waals surface area contributed by atoms with E-state index in [-0.39, 0.29) is 36.2 Å². The number of hydrogen-bond donors (Lipinski definition) is 0. The van der Waals surface area contributed by atoms with Crippen LogP contribution in [0.15, 0.2) is 71.0 Å². The topological polar surface area (TPSA) is 112 Å². The summed E-state index contributed by atoms with van der Waals surface area (Å²) < 4.78 is 64.0. The van der Waals surface area contributed by atoms with Crippen LogP contribution in [0.3, 0.4) is 0 Å². The van der Waals surface area contributed by atoms with Crippen LogP contribution in [-0.4, -0.2) is 39.1 Å². The predicted molar refractivity (Wildman–Crippen MR) is 133 cm³/mol. The minimum absolute atomic E-state index is 0.0863. The first kappa shape index (κ1) is 27.0. The van der Waals surface area contributed by atoms with Crippen LogP contribution >= 0.6 is 0 Å². The number of amides is 1. The molecule has 0 N–H and O–H groups in total. The Hall–Kier alpha value is -4.55. The van der Waals surface area contributed by atoms with Crippen LogP contribution in [0, 0.1) is 10.1 Å². The first-order chi connectivity index (χ1) is 19.1. The molecule has 2 aromatic carbocycles. The van der Waals surface area contributed by atoms with Gasteiger partial charge in [-0.05, 0) is 61.2 Å². The smallest absolute Gasteiger partial charge is 0.410 e. The van der Waals surface area contributed by atoms with Crippen molar-refractivity contribution in [2.75, 3.05) is 13.1 Å². The van der Waals surface area contributed by atoms with Gasteiger partial charge in [0, 0.05) is 36.7 Å². The minimum Gasteiger partial charge on any atom is -0.410 e. The summed E-state index contributed by atoms with van der Waals surface area (Å²) >= 11 is 0. The molecule has 1 amide bonds. The third-order valence-corrected chi connectivity index (χ3v) is 6.81. The highest BCUT2D eigenvalue weighted by atomic mass is 19.4. The monoisotopic (exact) mass is 558 g/mol. The van der Waals surface area contributed by atoms with E-state index in [1.165, 1.54) is 53.5 Å². The quantitative estimate of drug-likeness (QED) is 0.192. The lowest BCUT2D eigenvalue weighted by atomic mass is 9.84. The molecule has 1 aliphatic carbocycles. The molecule has 2 atom stereocenters. The summed E-state index contributed by atoms with van der Waals surface area (Å²) in [6.45, 7) is 0.244. The van der Waals surface area contributed by atoms with Crippen molar-refractivity contribution in [2.24, 2.45) is 0 Å². The van der Waals surface area contributed by atoms with Gasteiger partial charge >= 0.3 is 12.3 Å². The molecule has 208 valence electrons. The lowest BCUT2D eigenvalue weighted by Crippen LogP contribution is -2.44. The molecule has 2 heterocycles. The number of aromatic nitrogens is 2. The zero-order chi connectivity index (χ0) is 28.4. The van der Waals surface area contributed by atoms with Gasteiger partial charge in [-0.2, -0.15) is 18.2 Å².